The van der Waals surface area contributed by atoms with Gasteiger partial charge in [-0.15, -0.1) is 0 Å². The summed E-state index contributed by atoms with van der Waals surface area (Å²) >= 11 is 5.45. The molecule has 0 atom stereocenters. The maximum atomic E-state index is 9.24. The van der Waals surface area contributed by atoms with E-state index in [9.17, 15) is 5.11 Å². The number of aliphatic hydroxyl groups excluding tert-OH is 1. The van der Waals surface area contributed by atoms with E-state index in [1.165, 1.54) is 0 Å². The van der Waals surface area contributed by atoms with Crippen LogP contribution in [0.2, 0.25) is 5.28 Å². The first-order valence-electron chi connectivity index (χ1n) is 14.1. The summed E-state index contributed by atoms with van der Waals surface area (Å²) in [5.74, 6) is -0.633. The predicted molar refractivity (Wildman–Crippen MR) is 144 cm³/mol. The Kier molecular flexibility index (Phi) is 11.2. The normalized spacial score (nSPS) is 23.5. The summed E-state index contributed by atoms with van der Waals surface area (Å²) in [4.78, 5) is 16.1. The number of aryl methyl sites for hydroxylation is 2. The van der Waals surface area contributed by atoms with Gasteiger partial charge in [0.1, 0.15) is 6.10 Å². The molecule has 11 heteroatoms. The zero-order valence-electron chi connectivity index (χ0n) is 23.0. The number of rotatable bonds is 4. The molecule has 39 heavy (non-hydrogen) atoms. The molecule has 216 valence electrons. The van der Waals surface area contributed by atoms with Crippen LogP contribution in [-0.4, -0.2) is 75.3 Å². The molecule has 1 N–H and O–H groups in total. The van der Waals surface area contributed by atoms with Gasteiger partial charge in [-0.3, -0.25) is 0 Å². The molecule has 0 unspecified atom stereocenters. The SMILES string of the molecule is CCc1cnc(Cl)nc1.CCc1cnc(OC2CCC3(CC2)OCCO3)nc1.OC1CCC2(CC1)OCCO2. The molecular weight excluding hydrogens is 524 g/mol. The number of hydrogen-bond donors (Lipinski definition) is 1. The molecule has 0 amide bonds. The average Bonchev–Trinajstić information content (AvgIpc) is 3.64. The van der Waals surface area contributed by atoms with E-state index >= 15 is 0 Å². The van der Waals surface area contributed by atoms with Crippen molar-refractivity contribution in [2.75, 3.05) is 26.4 Å². The molecule has 2 aliphatic carbocycles. The highest BCUT2D eigenvalue weighted by Crippen LogP contribution is 2.37. The fraction of sp³-hybridized carbons (Fsp3) is 0.714. The van der Waals surface area contributed by atoms with Gasteiger partial charge in [0, 0.05) is 50.5 Å². The van der Waals surface area contributed by atoms with Gasteiger partial charge in [0.05, 0.1) is 32.5 Å². The standard InChI is InChI=1S/C14H20N2O3.C8H14O3.C6H7ClN2/c1-2-11-9-15-13(16-10-11)19-12-3-5-14(6-4-12)17-7-8-18-14;9-7-1-3-8(4-2-7)10-5-6-11-8;1-2-5-3-8-6(7)9-4-5/h9-10,12H,2-8H2,1H3;7,9H,1-6H2;3-4H,2H2,1H3. The van der Waals surface area contributed by atoms with Crippen molar-refractivity contribution in [1.82, 2.24) is 19.9 Å². The molecule has 10 nitrogen and oxygen atoms in total. The minimum absolute atomic E-state index is 0.131. The van der Waals surface area contributed by atoms with Crippen LogP contribution in [0.4, 0.5) is 0 Å². The van der Waals surface area contributed by atoms with Gasteiger partial charge in [0.15, 0.2) is 11.6 Å². The Balaban J connectivity index is 0.000000149. The van der Waals surface area contributed by atoms with E-state index < -0.39 is 0 Å². The van der Waals surface area contributed by atoms with Gasteiger partial charge in [-0.25, -0.2) is 19.9 Å². The summed E-state index contributed by atoms with van der Waals surface area (Å²) < 4.78 is 28.2. The van der Waals surface area contributed by atoms with Crippen LogP contribution in [0.1, 0.15) is 76.3 Å². The minimum atomic E-state index is -0.327. The van der Waals surface area contributed by atoms with Crippen LogP contribution < -0.4 is 4.74 Å². The van der Waals surface area contributed by atoms with Gasteiger partial charge in [-0.05, 0) is 61.3 Å². The topological polar surface area (TPSA) is 118 Å². The summed E-state index contributed by atoms with van der Waals surface area (Å²) in [5.41, 5.74) is 2.24. The van der Waals surface area contributed by atoms with Crippen molar-refractivity contribution >= 4 is 11.6 Å². The van der Waals surface area contributed by atoms with Crippen LogP contribution in [0.25, 0.3) is 0 Å². The van der Waals surface area contributed by atoms with Gasteiger partial charge in [-0.2, -0.15) is 0 Å². The fourth-order valence-electron chi connectivity index (χ4n) is 5.02. The van der Waals surface area contributed by atoms with Gasteiger partial charge >= 0.3 is 6.01 Å². The Morgan fingerprint density at radius 3 is 1.59 bits per heavy atom. The molecule has 0 radical (unpaired) electrons. The highest BCUT2D eigenvalue weighted by molar-refractivity contribution is 6.28. The average molecular weight is 565 g/mol. The fourth-order valence-corrected chi connectivity index (χ4v) is 5.12. The number of ether oxygens (including phenoxy) is 5. The first kappa shape index (κ1) is 30.0. The number of halogens is 1. The predicted octanol–water partition coefficient (Wildman–Crippen LogP) is 4.46. The maximum Gasteiger partial charge on any atom is 0.316 e. The number of aromatic nitrogens is 4. The third kappa shape index (κ3) is 9.03. The lowest BCUT2D eigenvalue weighted by atomic mass is 9.92. The van der Waals surface area contributed by atoms with Crippen LogP contribution in [0, 0.1) is 0 Å². The summed E-state index contributed by atoms with van der Waals surface area (Å²) in [5, 5.41) is 9.55. The number of aliphatic hydroxyl groups is 1. The Hall–Kier alpha value is -1.95. The second-order valence-electron chi connectivity index (χ2n) is 10.2. The van der Waals surface area contributed by atoms with E-state index in [1.807, 2.05) is 19.3 Å². The Morgan fingerprint density at radius 1 is 0.744 bits per heavy atom. The van der Waals surface area contributed by atoms with Crippen LogP contribution in [0.3, 0.4) is 0 Å². The minimum Gasteiger partial charge on any atom is -0.460 e. The van der Waals surface area contributed by atoms with E-state index in [0.717, 1.165) is 88.5 Å². The van der Waals surface area contributed by atoms with Crippen LogP contribution in [-0.2, 0) is 31.8 Å². The molecule has 2 saturated carbocycles. The molecule has 4 aliphatic rings. The Morgan fingerprint density at radius 2 is 1.15 bits per heavy atom. The first-order valence-corrected chi connectivity index (χ1v) is 14.5. The molecule has 0 aromatic carbocycles. The van der Waals surface area contributed by atoms with Crippen LogP contribution in [0.15, 0.2) is 24.8 Å². The van der Waals surface area contributed by atoms with Gasteiger partial charge < -0.3 is 28.8 Å². The summed E-state index contributed by atoms with van der Waals surface area (Å²) in [6.07, 6.45) is 16.1. The zero-order chi connectivity index (χ0) is 27.6. The van der Waals surface area contributed by atoms with Gasteiger partial charge in [0.2, 0.25) is 5.28 Å². The van der Waals surface area contributed by atoms with Crippen molar-refractivity contribution in [2.24, 2.45) is 0 Å². The summed E-state index contributed by atoms with van der Waals surface area (Å²) in [6, 6.07) is 0.478. The van der Waals surface area contributed by atoms with Crippen LogP contribution in [0.5, 0.6) is 6.01 Å². The second kappa shape index (κ2) is 14.6. The lowest BCUT2D eigenvalue weighted by molar-refractivity contribution is -0.187. The first-order chi connectivity index (χ1) is 18.9. The van der Waals surface area contributed by atoms with Crippen molar-refractivity contribution in [2.45, 2.75) is 102 Å². The quantitative estimate of drug-likeness (QED) is 0.533. The van der Waals surface area contributed by atoms with Gasteiger partial charge in [0.25, 0.3) is 0 Å². The van der Waals surface area contributed by atoms with E-state index in [1.54, 1.807) is 12.4 Å². The van der Waals surface area contributed by atoms with Gasteiger partial charge in [-0.1, -0.05) is 13.8 Å². The molecule has 2 saturated heterocycles. The molecule has 4 fully saturated rings. The Bertz CT molecular complexity index is 965. The number of hydrogen-bond acceptors (Lipinski definition) is 10. The molecule has 2 aliphatic heterocycles. The number of nitrogens with zero attached hydrogens (tertiary/aromatic N) is 4. The molecule has 0 bridgehead atoms. The van der Waals surface area contributed by atoms with Crippen molar-refractivity contribution in [3.05, 3.63) is 41.2 Å². The zero-order valence-corrected chi connectivity index (χ0v) is 23.8. The van der Waals surface area contributed by atoms with E-state index in [2.05, 4.69) is 26.9 Å². The van der Waals surface area contributed by atoms with E-state index in [4.69, 9.17) is 35.3 Å². The molecule has 6 rings (SSSR count). The van der Waals surface area contributed by atoms with Crippen molar-refractivity contribution in [1.29, 1.82) is 0 Å². The van der Waals surface area contributed by atoms with Crippen molar-refractivity contribution in [3.8, 4) is 6.01 Å². The lowest BCUT2D eigenvalue weighted by Gasteiger charge is -2.34. The smallest absolute Gasteiger partial charge is 0.316 e. The maximum absolute atomic E-state index is 9.24. The van der Waals surface area contributed by atoms with Crippen molar-refractivity contribution in [3.63, 3.8) is 0 Å². The molecule has 2 aromatic heterocycles. The van der Waals surface area contributed by atoms with Crippen LogP contribution >= 0.6 is 11.6 Å². The molecule has 2 spiro atoms. The molecular formula is C28H41ClN4O6. The highest BCUT2D eigenvalue weighted by Gasteiger charge is 2.41. The highest BCUT2D eigenvalue weighted by atomic mass is 35.5. The molecule has 2 aromatic rings. The molecule has 4 heterocycles. The van der Waals surface area contributed by atoms with Crippen molar-refractivity contribution < 1.29 is 28.8 Å². The third-order valence-electron chi connectivity index (χ3n) is 7.48. The summed E-state index contributed by atoms with van der Waals surface area (Å²) in [7, 11) is 0. The summed E-state index contributed by atoms with van der Waals surface area (Å²) in [6.45, 7) is 7.00. The largest absolute Gasteiger partial charge is 0.460 e. The lowest BCUT2D eigenvalue weighted by Crippen LogP contribution is -2.38. The monoisotopic (exact) mass is 564 g/mol. The van der Waals surface area contributed by atoms with E-state index in [-0.39, 0.29) is 23.8 Å². The Labute approximate surface area is 235 Å². The third-order valence-corrected chi connectivity index (χ3v) is 7.68. The second-order valence-corrected chi connectivity index (χ2v) is 10.5. The van der Waals surface area contributed by atoms with E-state index in [0.29, 0.717) is 24.5 Å².